The zero-order valence-electron chi connectivity index (χ0n) is 17.8. The molecule has 9 heteroatoms. The third-order valence-electron chi connectivity index (χ3n) is 6.00. The molecule has 0 atom stereocenters. The van der Waals surface area contributed by atoms with Gasteiger partial charge in [-0.05, 0) is 55.5 Å². The molecule has 1 aromatic carbocycles. The SMILES string of the molecule is O=C(NCCCCC1CCN(S(=O)(=O)c2cccc(Cl)c2)CC1)c1cc2cnccc2[nH]1. The fraction of sp³-hybridized carbons (Fsp3) is 0.391. The average molecular weight is 475 g/mol. The third kappa shape index (κ3) is 5.31. The van der Waals surface area contributed by atoms with Crippen LogP contribution in [0.2, 0.25) is 5.02 Å². The number of rotatable bonds is 8. The smallest absolute Gasteiger partial charge is 0.267 e. The summed E-state index contributed by atoms with van der Waals surface area (Å²) >= 11 is 5.96. The maximum absolute atomic E-state index is 12.8. The number of fused-ring (bicyclic) bond motifs is 1. The summed E-state index contributed by atoms with van der Waals surface area (Å²) in [4.78, 5) is 19.7. The third-order valence-corrected chi connectivity index (χ3v) is 8.13. The standard InChI is InChI=1S/C23H27ClN4O3S/c24-19-5-3-6-20(15-19)32(30,31)28-12-8-17(9-13-28)4-1-2-10-26-23(29)22-14-18-16-25-11-7-21(18)27-22/h3,5-7,11,14-17,27H,1-2,4,8-10,12-13H2,(H,26,29). The predicted molar refractivity (Wildman–Crippen MR) is 125 cm³/mol. The average Bonchev–Trinajstić information content (AvgIpc) is 3.23. The lowest BCUT2D eigenvalue weighted by molar-refractivity contribution is 0.0948. The Balaban J connectivity index is 1.17. The number of carbonyl (C=O) groups excluding carboxylic acids is 1. The second-order valence-corrected chi connectivity index (χ2v) is 10.6. The molecule has 0 radical (unpaired) electrons. The lowest BCUT2D eigenvalue weighted by Gasteiger charge is -2.31. The van der Waals surface area contributed by atoms with E-state index in [1.165, 1.54) is 6.07 Å². The number of hydrogen-bond donors (Lipinski definition) is 2. The van der Waals surface area contributed by atoms with Crippen LogP contribution >= 0.6 is 11.6 Å². The molecule has 1 saturated heterocycles. The molecule has 1 aliphatic heterocycles. The molecule has 0 saturated carbocycles. The number of nitrogens with zero attached hydrogens (tertiary/aromatic N) is 2. The Hall–Kier alpha value is -2.42. The van der Waals surface area contributed by atoms with Gasteiger partial charge >= 0.3 is 0 Å². The van der Waals surface area contributed by atoms with Gasteiger partial charge in [-0.3, -0.25) is 9.78 Å². The van der Waals surface area contributed by atoms with E-state index in [-0.39, 0.29) is 10.8 Å². The molecule has 3 aromatic rings. The van der Waals surface area contributed by atoms with Gasteiger partial charge < -0.3 is 10.3 Å². The van der Waals surface area contributed by atoms with Crippen LogP contribution in [0.15, 0.2) is 53.7 Å². The topological polar surface area (TPSA) is 95.2 Å². The lowest BCUT2D eigenvalue weighted by atomic mass is 9.92. The molecule has 32 heavy (non-hydrogen) atoms. The highest BCUT2D eigenvalue weighted by Gasteiger charge is 2.29. The number of aromatic amines is 1. The molecular formula is C23H27ClN4O3S. The summed E-state index contributed by atoms with van der Waals surface area (Å²) in [5.74, 6) is 0.401. The van der Waals surface area contributed by atoms with E-state index in [0.29, 0.717) is 36.3 Å². The molecule has 0 bridgehead atoms. The van der Waals surface area contributed by atoms with Crippen molar-refractivity contribution in [2.45, 2.75) is 37.0 Å². The summed E-state index contributed by atoms with van der Waals surface area (Å²) in [7, 11) is -3.49. The van der Waals surface area contributed by atoms with Gasteiger partial charge in [0.2, 0.25) is 10.0 Å². The predicted octanol–water partition coefficient (Wildman–Crippen LogP) is 4.22. The summed E-state index contributed by atoms with van der Waals surface area (Å²) in [6.45, 7) is 1.69. The lowest BCUT2D eigenvalue weighted by Crippen LogP contribution is -2.38. The molecule has 2 aromatic heterocycles. The Morgan fingerprint density at radius 3 is 2.75 bits per heavy atom. The van der Waals surface area contributed by atoms with E-state index in [4.69, 9.17) is 11.6 Å². The van der Waals surface area contributed by atoms with E-state index in [0.717, 1.165) is 43.0 Å². The Labute approximate surface area is 193 Å². The van der Waals surface area contributed by atoms with E-state index < -0.39 is 10.0 Å². The van der Waals surface area contributed by atoms with Crippen molar-refractivity contribution >= 4 is 38.4 Å². The molecule has 0 spiro atoms. The molecule has 170 valence electrons. The van der Waals surface area contributed by atoms with E-state index >= 15 is 0 Å². The van der Waals surface area contributed by atoms with Gasteiger partial charge in [0.05, 0.1) is 4.90 Å². The number of aromatic nitrogens is 2. The van der Waals surface area contributed by atoms with E-state index in [2.05, 4.69) is 15.3 Å². The van der Waals surface area contributed by atoms with Crippen LogP contribution in [0.4, 0.5) is 0 Å². The number of carbonyl (C=O) groups is 1. The van der Waals surface area contributed by atoms with Gasteiger partial charge in [0.25, 0.3) is 5.91 Å². The second-order valence-electron chi connectivity index (χ2n) is 8.20. The van der Waals surface area contributed by atoms with Crippen molar-refractivity contribution in [3.05, 3.63) is 59.5 Å². The molecular weight excluding hydrogens is 448 g/mol. The first-order chi connectivity index (χ1) is 15.4. The summed E-state index contributed by atoms with van der Waals surface area (Å²) < 4.78 is 27.2. The Bertz CT molecular complexity index is 1150. The Morgan fingerprint density at radius 1 is 1.19 bits per heavy atom. The number of sulfonamides is 1. The number of amides is 1. The zero-order valence-corrected chi connectivity index (χ0v) is 19.3. The summed E-state index contributed by atoms with van der Waals surface area (Å²) in [5.41, 5.74) is 1.44. The zero-order chi connectivity index (χ0) is 22.6. The van der Waals surface area contributed by atoms with E-state index in [9.17, 15) is 13.2 Å². The molecule has 1 amide bonds. The largest absolute Gasteiger partial charge is 0.351 e. The minimum atomic E-state index is -3.49. The van der Waals surface area contributed by atoms with E-state index in [1.807, 2.05) is 12.1 Å². The van der Waals surface area contributed by atoms with Gasteiger partial charge in [-0.25, -0.2) is 8.42 Å². The molecule has 7 nitrogen and oxygen atoms in total. The van der Waals surface area contributed by atoms with Crippen molar-refractivity contribution in [3.63, 3.8) is 0 Å². The minimum Gasteiger partial charge on any atom is -0.351 e. The molecule has 1 fully saturated rings. The van der Waals surface area contributed by atoms with Crippen molar-refractivity contribution in [2.75, 3.05) is 19.6 Å². The quantitative estimate of drug-likeness (QED) is 0.478. The molecule has 1 aliphatic rings. The highest BCUT2D eigenvalue weighted by Crippen LogP contribution is 2.27. The maximum Gasteiger partial charge on any atom is 0.267 e. The number of nitrogens with one attached hydrogen (secondary N) is 2. The van der Waals surface area contributed by atoms with Gasteiger partial charge in [0, 0.05) is 48.0 Å². The number of unbranched alkanes of at least 4 members (excludes halogenated alkanes) is 1. The van der Waals surface area contributed by atoms with Crippen LogP contribution in [0.3, 0.4) is 0 Å². The number of halogens is 1. The van der Waals surface area contributed by atoms with Gasteiger partial charge in [-0.2, -0.15) is 4.31 Å². The fourth-order valence-corrected chi connectivity index (χ4v) is 5.94. The number of piperidine rings is 1. The van der Waals surface area contributed by atoms with Crippen LogP contribution in [-0.4, -0.2) is 48.2 Å². The Morgan fingerprint density at radius 2 is 2.00 bits per heavy atom. The van der Waals surface area contributed by atoms with Crippen LogP contribution in [0.5, 0.6) is 0 Å². The number of benzene rings is 1. The van der Waals surface area contributed by atoms with Crippen LogP contribution in [0.25, 0.3) is 10.9 Å². The van der Waals surface area contributed by atoms with E-state index in [1.54, 1.807) is 34.9 Å². The number of hydrogen-bond acceptors (Lipinski definition) is 4. The molecule has 2 N–H and O–H groups in total. The first kappa shape index (κ1) is 22.8. The van der Waals surface area contributed by atoms with Crippen molar-refractivity contribution in [3.8, 4) is 0 Å². The van der Waals surface area contributed by atoms with Crippen LogP contribution < -0.4 is 5.32 Å². The molecule has 3 heterocycles. The summed E-state index contributed by atoms with van der Waals surface area (Å²) in [5, 5.41) is 4.30. The first-order valence-electron chi connectivity index (χ1n) is 10.9. The molecule has 0 unspecified atom stereocenters. The maximum atomic E-state index is 12.8. The minimum absolute atomic E-state index is 0.110. The molecule has 0 aliphatic carbocycles. The Kier molecular flexibility index (Phi) is 7.13. The van der Waals surface area contributed by atoms with Crippen molar-refractivity contribution in [1.82, 2.24) is 19.6 Å². The van der Waals surface area contributed by atoms with Crippen molar-refractivity contribution in [1.29, 1.82) is 0 Å². The van der Waals surface area contributed by atoms with Gasteiger partial charge in [-0.15, -0.1) is 0 Å². The first-order valence-corrected chi connectivity index (χ1v) is 12.7. The summed E-state index contributed by atoms with van der Waals surface area (Å²) in [6, 6.07) is 10.1. The monoisotopic (exact) mass is 474 g/mol. The van der Waals surface area contributed by atoms with Crippen LogP contribution in [0, 0.1) is 5.92 Å². The van der Waals surface area contributed by atoms with Gasteiger partial charge in [0.1, 0.15) is 5.69 Å². The number of H-pyrrole nitrogens is 1. The normalized spacial score (nSPS) is 15.8. The highest BCUT2D eigenvalue weighted by atomic mass is 35.5. The van der Waals surface area contributed by atoms with Crippen LogP contribution in [-0.2, 0) is 10.0 Å². The summed E-state index contributed by atoms with van der Waals surface area (Å²) in [6.07, 6.45) is 8.08. The van der Waals surface area contributed by atoms with Crippen molar-refractivity contribution in [2.24, 2.45) is 5.92 Å². The van der Waals surface area contributed by atoms with Crippen molar-refractivity contribution < 1.29 is 13.2 Å². The highest BCUT2D eigenvalue weighted by molar-refractivity contribution is 7.89. The van der Waals surface area contributed by atoms with Crippen LogP contribution in [0.1, 0.15) is 42.6 Å². The van der Waals surface area contributed by atoms with Gasteiger partial charge in [-0.1, -0.05) is 30.5 Å². The molecule has 4 rings (SSSR count). The second kappa shape index (κ2) is 10.0. The van der Waals surface area contributed by atoms with Gasteiger partial charge in [0.15, 0.2) is 0 Å². The fourth-order valence-electron chi connectivity index (χ4n) is 4.16. The number of pyridine rings is 1.